The van der Waals surface area contributed by atoms with E-state index in [4.69, 9.17) is 0 Å². The van der Waals surface area contributed by atoms with Gasteiger partial charge in [0, 0.05) is 31.7 Å². The summed E-state index contributed by atoms with van der Waals surface area (Å²) in [6.07, 6.45) is 6.01. The van der Waals surface area contributed by atoms with Gasteiger partial charge in [-0.25, -0.2) is 13.4 Å². The number of carbonyl (C=O) groups is 1. The van der Waals surface area contributed by atoms with Crippen LogP contribution in [0.2, 0.25) is 0 Å². The number of H-pyrrole nitrogens is 1. The van der Waals surface area contributed by atoms with Gasteiger partial charge in [0.15, 0.2) is 0 Å². The van der Waals surface area contributed by atoms with E-state index in [2.05, 4.69) is 20.2 Å². The summed E-state index contributed by atoms with van der Waals surface area (Å²) in [7, 11) is -3.70. The van der Waals surface area contributed by atoms with E-state index in [1.54, 1.807) is 16.4 Å². The number of hydrogen-bond acceptors (Lipinski definition) is 5. The van der Waals surface area contributed by atoms with Gasteiger partial charge in [0.2, 0.25) is 16.0 Å². The van der Waals surface area contributed by atoms with Crippen LogP contribution >= 0.6 is 0 Å². The van der Waals surface area contributed by atoms with Crippen molar-refractivity contribution in [3.63, 3.8) is 0 Å². The van der Waals surface area contributed by atoms with Crippen molar-refractivity contribution < 1.29 is 13.2 Å². The smallest absolute Gasteiger partial charge is 0.258 e. The van der Waals surface area contributed by atoms with Crippen LogP contribution in [0.5, 0.6) is 0 Å². The van der Waals surface area contributed by atoms with Crippen molar-refractivity contribution in [2.45, 2.75) is 43.4 Å². The average molecular weight is 468 g/mol. The summed E-state index contributed by atoms with van der Waals surface area (Å²) in [5.74, 6) is -0.0592. The van der Waals surface area contributed by atoms with Crippen LogP contribution < -0.4 is 10.2 Å². The molecule has 0 bridgehead atoms. The summed E-state index contributed by atoms with van der Waals surface area (Å²) in [5.41, 5.74) is 2.57. The van der Waals surface area contributed by atoms with Crippen LogP contribution in [0.4, 0.5) is 11.6 Å². The van der Waals surface area contributed by atoms with Crippen LogP contribution in [0, 0.1) is 0 Å². The van der Waals surface area contributed by atoms with E-state index in [1.807, 2.05) is 24.3 Å². The summed E-state index contributed by atoms with van der Waals surface area (Å²) in [6, 6.07) is 12.5. The second kappa shape index (κ2) is 9.15. The molecule has 5 rings (SSSR count). The SMILES string of the molecule is O=C(Nc1nc2ccccc2[nH]1)c1ccc(N2CCCCC2)c(S(=O)(=O)N2CCCCC2)c1. The van der Waals surface area contributed by atoms with Crippen molar-refractivity contribution in [1.29, 1.82) is 0 Å². The fourth-order valence-electron chi connectivity index (χ4n) is 4.69. The summed E-state index contributed by atoms with van der Waals surface area (Å²) in [4.78, 5) is 22.9. The zero-order chi connectivity index (χ0) is 22.8. The van der Waals surface area contributed by atoms with E-state index >= 15 is 0 Å². The third-order valence-corrected chi connectivity index (χ3v) is 8.40. The molecule has 0 atom stereocenters. The van der Waals surface area contributed by atoms with Gasteiger partial charge in [0.05, 0.1) is 16.7 Å². The molecule has 0 spiro atoms. The van der Waals surface area contributed by atoms with E-state index in [9.17, 15) is 13.2 Å². The molecular weight excluding hydrogens is 438 g/mol. The van der Waals surface area contributed by atoms with Crippen LogP contribution in [-0.4, -0.2) is 54.8 Å². The van der Waals surface area contributed by atoms with Crippen LogP contribution in [0.1, 0.15) is 48.9 Å². The summed E-state index contributed by atoms with van der Waals surface area (Å²) in [6.45, 7) is 2.70. The molecule has 174 valence electrons. The summed E-state index contributed by atoms with van der Waals surface area (Å²) >= 11 is 0. The topological polar surface area (TPSA) is 98.4 Å². The number of sulfonamides is 1. The molecule has 33 heavy (non-hydrogen) atoms. The third kappa shape index (κ3) is 4.47. The molecule has 0 saturated carbocycles. The van der Waals surface area contributed by atoms with E-state index in [1.165, 1.54) is 6.07 Å². The monoisotopic (exact) mass is 467 g/mol. The number of piperidine rings is 2. The van der Waals surface area contributed by atoms with Crippen molar-refractivity contribution in [3.8, 4) is 0 Å². The number of anilines is 2. The first-order valence-corrected chi connectivity index (χ1v) is 13.1. The number of para-hydroxylation sites is 2. The Morgan fingerprint density at radius 2 is 1.61 bits per heavy atom. The van der Waals surface area contributed by atoms with E-state index in [0.717, 1.165) is 62.6 Å². The predicted molar refractivity (Wildman–Crippen MR) is 129 cm³/mol. The number of nitrogens with one attached hydrogen (secondary N) is 2. The zero-order valence-electron chi connectivity index (χ0n) is 18.6. The van der Waals surface area contributed by atoms with E-state index in [0.29, 0.717) is 30.3 Å². The lowest BCUT2D eigenvalue weighted by Crippen LogP contribution is -2.37. The van der Waals surface area contributed by atoms with Crippen molar-refractivity contribution in [1.82, 2.24) is 14.3 Å². The largest absolute Gasteiger partial charge is 0.370 e. The highest BCUT2D eigenvalue weighted by Gasteiger charge is 2.31. The van der Waals surface area contributed by atoms with Gasteiger partial charge >= 0.3 is 0 Å². The van der Waals surface area contributed by atoms with Crippen LogP contribution in [-0.2, 0) is 10.0 Å². The number of imidazole rings is 1. The Labute approximate surface area is 194 Å². The maximum absolute atomic E-state index is 13.7. The van der Waals surface area contributed by atoms with Crippen molar-refractivity contribution in [3.05, 3.63) is 48.0 Å². The third-order valence-electron chi connectivity index (χ3n) is 6.47. The average Bonchev–Trinajstić information content (AvgIpc) is 3.27. The molecule has 0 unspecified atom stereocenters. The van der Waals surface area contributed by atoms with Crippen LogP contribution in [0.25, 0.3) is 11.0 Å². The normalized spacial score (nSPS) is 17.9. The van der Waals surface area contributed by atoms with Gasteiger partial charge in [-0.05, 0) is 62.4 Å². The van der Waals surface area contributed by atoms with Gasteiger partial charge < -0.3 is 9.88 Å². The Balaban J connectivity index is 1.48. The Hall–Kier alpha value is -2.91. The number of hydrogen-bond donors (Lipinski definition) is 2. The van der Waals surface area contributed by atoms with Gasteiger partial charge in [-0.2, -0.15) is 4.31 Å². The van der Waals surface area contributed by atoms with Gasteiger partial charge in [0.25, 0.3) is 5.91 Å². The van der Waals surface area contributed by atoms with Gasteiger partial charge in [-0.15, -0.1) is 0 Å². The first-order chi connectivity index (χ1) is 16.0. The number of aromatic amines is 1. The van der Waals surface area contributed by atoms with E-state index < -0.39 is 15.9 Å². The van der Waals surface area contributed by atoms with Crippen molar-refractivity contribution >= 4 is 38.6 Å². The molecule has 2 N–H and O–H groups in total. The lowest BCUT2D eigenvalue weighted by molar-refractivity contribution is 0.102. The highest BCUT2D eigenvalue weighted by atomic mass is 32.2. The molecule has 8 nitrogen and oxygen atoms in total. The lowest BCUT2D eigenvalue weighted by Gasteiger charge is -2.33. The highest BCUT2D eigenvalue weighted by Crippen LogP contribution is 2.32. The second-order valence-corrected chi connectivity index (χ2v) is 10.7. The fraction of sp³-hybridized carbons (Fsp3) is 0.417. The first kappa shape index (κ1) is 21.9. The number of aromatic nitrogens is 2. The minimum absolute atomic E-state index is 0.226. The van der Waals surface area contributed by atoms with Gasteiger partial charge in [-0.3, -0.25) is 10.1 Å². The number of fused-ring (bicyclic) bond motifs is 1. The zero-order valence-corrected chi connectivity index (χ0v) is 19.4. The van der Waals surface area contributed by atoms with Gasteiger partial charge in [0.1, 0.15) is 4.90 Å². The first-order valence-electron chi connectivity index (χ1n) is 11.7. The van der Waals surface area contributed by atoms with E-state index in [-0.39, 0.29) is 4.90 Å². The molecule has 1 amide bonds. The van der Waals surface area contributed by atoms with Gasteiger partial charge in [-0.1, -0.05) is 18.6 Å². The molecule has 2 aliphatic rings. The molecule has 1 aromatic heterocycles. The summed E-state index contributed by atoms with van der Waals surface area (Å²) in [5, 5.41) is 2.78. The number of benzene rings is 2. The molecule has 2 aromatic carbocycles. The molecule has 0 aliphatic carbocycles. The Morgan fingerprint density at radius 3 is 2.33 bits per heavy atom. The number of rotatable bonds is 5. The molecule has 2 aliphatic heterocycles. The Kier molecular flexibility index (Phi) is 6.07. The standard InChI is InChI=1S/C24H29N5O3S/c30-23(27-24-25-19-9-3-4-10-20(19)26-24)18-11-12-21(28-13-5-1-6-14-28)22(17-18)33(31,32)29-15-7-2-8-16-29/h3-4,9-12,17H,1-2,5-8,13-16H2,(H2,25,26,27,30). The van der Waals surface area contributed by atoms with Crippen LogP contribution in [0.3, 0.4) is 0 Å². The Morgan fingerprint density at radius 1 is 0.909 bits per heavy atom. The second-order valence-electron chi connectivity index (χ2n) is 8.75. The maximum atomic E-state index is 13.7. The minimum Gasteiger partial charge on any atom is -0.370 e. The quantitative estimate of drug-likeness (QED) is 0.591. The summed E-state index contributed by atoms with van der Waals surface area (Å²) < 4.78 is 28.9. The number of carbonyl (C=O) groups excluding carboxylic acids is 1. The predicted octanol–water partition coefficient (Wildman–Crippen LogP) is 3.98. The minimum atomic E-state index is -3.70. The highest BCUT2D eigenvalue weighted by molar-refractivity contribution is 7.89. The maximum Gasteiger partial charge on any atom is 0.258 e. The van der Waals surface area contributed by atoms with Crippen LogP contribution in [0.15, 0.2) is 47.4 Å². The number of nitrogens with zero attached hydrogens (tertiary/aromatic N) is 3. The molecule has 0 radical (unpaired) electrons. The Bertz CT molecular complexity index is 1230. The molecule has 9 heteroatoms. The fourth-order valence-corrected chi connectivity index (χ4v) is 6.45. The number of amides is 1. The van der Waals surface area contributed by atoms with Crippen molar-refractivity contribution in [2.24, 2.45) is 0 Å². The molecular formula is C24H29N5O3S. The lowest BCUT2D eigenvalue weighted by atomic mass is 10.1. The molecule has 3 aromatic rings. The van der Waals surface area contributed by atoms with Crippen molar-refractivity contribution in [2.75, 3.05) is 36.4 Å². The molecule has 3 heterocycles. The molecule has 2 saturated heterocycles. The molecule has 2 fully saturated rings.